The van der Waals surface area contributed by atoms with E-state index < -0.39 is 6.16 Å². The quantitative estimate of drug-likeness (QED) is 0.526. The molecule has 3 atom stereocenters. The van der Waals surface area contributed by atoms with Gasteiger partial charge in [-0.2, -0.15) is 0 Å². The Morgan fingerprint density at radius 1 is 1.62 bits per heavy atom. The van der Waals surface area contributed by atoms with Gasteiger partial charge in [-0.25, -0.2) is 4.79 Å². The molecule has 0 unspecified atom stereocenters. The summed E-state index contributed by atoms with van der Waals surface area (Å²) in [6, 6.07) is 0. The molecule has 3 nitrogen and oxygen atoms in total. The minimum atomic E-state index is -0.581. The topological polar surface area (TPSA) is 35.5 Å². The fourth-order valence-electron chi connectivity index (χ4n) is 1.35. The SMILES string of the molecule is CC[C@@H](C)[C@H]1C[C@@H](CCl)OC(=O)O1. The van der Waals surface area contributed by atoms with Crippen molar-refractivity contribution in [2.45, 2.75) is 38.9 Å². The number of cyclic esters (lactones) is 2. The van der Waals surface area contributed by atoms with Crippen molar-refractivity contribution in [3.63, 3.8) is 0 Å². The van der Waals surface area contributed by atoms with Gasteiger partial charge in [0.1, 0.15) is 12.2 Å². The highest BCUT2D eigenvalue weighted by Gasteiger charge is 2.31. The van der Waals surface area contributed by atoms with E-state index in [0.29, 0.717) is 18.2 Å². The van der Waals surface area contributed by atoms with Gasteiger partial charge in [0.05, 0.1) is 5.88 Å². The fraction of sp³-hybridized carbons (Fsp3) is 0.889. The van der Waals surface area contributed by atoms with Crippen LogP contribution in [-0.2, 0) is 9.47 Å². The summed E-state index contributed by atoms with van der Waals surface area (Å²) in [6.07, 6.45) is 0.913. The van der Waals surface area contributed by atoms with Gasteiger partial charge in [0.25, 0.3) is 0 Å². The monoisotopic (exact) mass is 206 g/mol. The first-order chi connectivity index (χ1) is 6.17. The molecular weight excluding hydrogens is 192 g/mol. The number of halogens is 1. The maximum atomic E-state index is 11.0. The van der Waals surface area contributed by atoms with Crippen molar-refractivity contribution in [3.05, 3.63) is 0 Å². The van der Waals surface area contributed by atoms with Crippen LogP contribution in [0, 0.1) is 5.92 Å². The molecule has 1 rings (SSSR count). The summed E-state index contributed by atoms with van der Waals surface area (Å²) in [5.41, 5.74) is 0. The molecule has 0 aromatic rings. The predicted octanol–water partition coefficient (Wildman–Crippen LogP) is 2.57. The van der Waals surface area contributed by atoms with Crippen LogP contribution < -0.4 is 0 Å². The van der Waals surface area contributed by atoms with Crippen LogP contribution in [0.1, 0.15) is 26.7 Å². The maximum Gasteiger partial charge on any atom is 0.508 e. The van der Waals surface area contributed by atoms with Crippen molar-refractivity contribution in [2.75, 3.05) is 5.88 Å². The second kappa shape index (κ2) is 4.70. The second-order valence-electron chi connectivity index (χ2n) is 3.42. The molecule has 0 spiro atoms. The third kappa shape index (κ3) is 2.76. The first kappa shape index (κ1) is 10.6. The van der Waals surface area contributed by atoms with Crippen LogP contribution >= 0.6 is 11.6 Å². The molecule has 0 aromatic carbocycles. The zero-order valence-electron chi connectivity index (χ0n) is 7.96. The first-order valence-corrected chi connectivity index (χ1v) is 5.14. The summed E-state index contributed by atoms with van der Waals surface area (Å²) in [4.78, 5) is 11.0. The summed E-state index contributed by atoms with van der Waals surface area (Å²) in [5, 5.41) is 0. The summed E-state index contributed by atoms with van der Waals surface area (Å²) < 4.78 is 9.92. The number of alkyl halides is 1. The Morgan fingerprint density at radius 2 is 2.31 bits per heavy atom. The molecule has 0 N–H and O–H groups in total. The van der Waals surface area contributed by atoms with Crippen molar-refractivity contribution in [3.8, 4) is 0 Å². The van der Waals surface area contributed by atoms with E-state index >= 15 is 0 Å². The van der Waals surface area contributed by atoms with Gasteiger partial charge in [-0.05, 0) is 5.92 Å². The molecule has 0 amide bonds. The van der Waals surface area contributed by atoms with Gasteiger partial charge >= 0.3 is 6.16 Å². The van der Waals surface area contributed by atoms with E-state index in [0.717, 1.165) is 6.42 Å². The lowest BCUT2D eigenvalue weighted by atomic mass is 9.96. The van der Waals surface area contributed by atoms with Gasteiger partial charge in [0, 0.05) is 6.42 Å². The molecule has 76 valence electrons. The zero-order valence-corrected chi connectivity index (χ0v) is 8.71. The van der Waals surface area contributed by atoms with E-state index in [2.05, 4.69) is 13.8 Å². The summed E-state index contributed by atoms with van der Waals surface area (Å²) in [6.45, 7) is 4.14. The van der Waals surface area contributed by atoms with Gasteiger partial charge in [-0.15, -0.1) is 11.6 Å². The van der Waals surface area contributed by atoms with Crippen molar-refractivity contribution in [2.24, 2.45) is 5.92 Å². The zero-order chi connectivity index (χ0) is 9.84. The van der Waals surface area contributed by atoms with Crippen LogP contribution in [-0.4, -0.2) is 24.2 Å². The molecule has 1 heterocycles. The van der Waals surface area contributed by atoms with Gasteiger partial charge < -0.3 is 9.47 Å². The summed E-state index contributed by atoms with van der Waals surface area (Å²) in [7, 11) is 0. The molecule has 1 fully saturated rings. The number of hydrogen-bond donors (Lipinski definition) is 0. The van der Waals surface area contributed by atoms with Gasteiger partial charge in [0.2, 0.25) is 0 Å². The molecule has 0 radical (unpaired) electrons. The van der Waals surface area contributed by atoms with Gasteiger partial charge in [-0.1, -0.05) is 20.3 Å². The normalized spacial score (nSPS) is 30.5. The second-order valence-corrected chi connectivity index (χ2v) is 3.73. The van der Waals surface area contributed by atoms with Gasteiger partial charge in [-0.3, -0.25) is 0 Å². The Bertz CT molecular complexity index is 184. The Balaban J connectivity index is 2.51. The molecule has 4 heteroatoms. The Morgan fingerprint density at radius 3 is 2.85 bits per heavy atom. The Kier molecular flexibility index (Phi) is 3.85. The molecule has 13 heavy (non-hydrogen) atoms. The number of carbonyl (C=O) groups excluding carboxylic acids is 1. The van der Waals surface area contributed by atoms with Crippen LogP contribution in [0.4, 0.5) is 4.79 Å². The largest absolute Gasteiger partial charge is 0.508 e. The van der Waals surface area contributed by atoms with E-state index in [1.165, 1.54) is 0 Å². The van der Waals surface area contributed by atoms with Crippen molar-refractivity contribution >= 4 is 17.8 Å². The highest BCUT2D eigenvalue weighted by Crippen LogP contribution is 2.23. The fourth-order valence-corrected chi connectivity index (χ4v) is 1.54. The molecule has 0 aliphatic carbocycles. The lowest BCUT2D eigenvalue weighted by molar-refractivity contribution is -0.0695. The standard InChI is InChI=1S/C9H15ClO3/c1-3-6(2)8-4-7(5-10)12-9(11)13-8/h6-8H,3-5H2,1-2H3/t6-,7+,8-/m1/s1. The lowest BCUT2D eigenvalue weighted by Crippen LogP contribution is -2.38. The number of carbonyl (C=O) groups is 1. The van der Waals surface area contributed by atoms with Crippen molar-refractivity contribution in [1.29, 1.82) is 0 Å². The maximum absolute atomic E-state index is 11.0. The van der Waals surface area contributed by atoms with Crippen molar-refractivity contribution < 1.29 is 14.3 Å². The number of rotatable bonds is 3. The number of hydrogen-bond acceptors (Lipinski definition) is 3. The average Bonchev–Trinajstić information content (AvgIpc) is 2.15. The molecule has 1 saturated heterocycles. The minimum absolute atomic E-state index is 0.0324. The third-order valence-electron chi connectivity index (χ3n) is 2.46. The molecule has 0 saturated carbocycles. The Hall–Kier alpha value is -0.440. The molecule has 1 aliphatic heterocycles. The molecule has 1 aliphatic rings. The summed E-state index contributed by atoms with van der Waals surface area (Å²) in [5.74, 6) is 0.723. The van der Waals surface area contributed by atoms with E-state index in [1.54, 1.807) is 0 Å². The van der Waals surface area contributed by atoms with Crippen LogP contribution in [0.2, 0.25) is 0 Å². The third-order valence-corrected chi connectivity index (χ3v) is 2.80. The van der Waals surface area contributed by atoms with Crippen LogP contribution in [0.25, 0.3) is 0 Å². The van der Waals surface area contributed by atoms with E-state index in [4.69, 9.17) is 21.1 Å². The number of ether oxygens (including phenoxy) is 2. The minimum Gasteiger partial charge on any atom is -0.431 e. The molecule has 0 aromatic heterocycles. The van der Waals surface area contributed by atoms with Crippen molar-refractivity contribution in [1.82, 2.24) is 0 Å². The van der Waals surface area contributed by atoms with E-state index in [-0.39, 0.29) is 12.2 Å². The summed E-state index contributed by atoms with van der Waals surface area (Å²) >= 11 is 5.63. The van der Waals surface area contributed by atoms with Crippen LogP contribution in [0.5, 0.6) is 0 Å². The smallest absolute Gasteiger partial charge is 0.431 e. The van der Waals surface area contributed by atoms with Crippen LogP contribution in [0.3, 0.4) is 0 Å². The lowest BCUT2D eigenvalue weighted by Gasteiger charge is -2.31. The Labute approximate surface area is 83.3 Å². The average molecular weight is 207 g/mol. The first-order valence-electron chi connectivity index (χ1n) is 4.60. The van der Waals surface area contributed by atoms with Gasteiger partial charge in [0.15, 0.2) is 0 Å². The highest BCUT2D eigenvalue weighted by molar-refractivity contribution is 6.18. The van der Waals surface area contributed by atoms with Crippen LogP contribution in [0.15, 0.2) is 0 Å². The highest BCUT2D eigenvalue weighted by atomic mass is 35.5. The molecular formula is C9H15ClO3. The van der Waals surface area contributed by atoms with E-state index in [1.807, 2.05) is 0 Å². The molecule has 0 bridgehead atoms. The predicted molar refractivity (Wildman–Crippen MR) is 49.9 cm³/mol. The van der Waals surface area contributed by atoms with E-state index in [9.17, 15) is 4.79 Å².